The van der Waals surface area contributed by atoms with E-state index in [1.807, 2.05) is 42.5 Å². The maximum absolute atomic E-state index is 6.40. The van der Waals surface area contributed by atoms with Crippen LogP contribution in [0.25, 0.3) is 0 Å². The van der Waals surface area contributed by atoms with Gasteiger partial charge in [-0.2, -0.15) is 0 Å². The number of morpholine rings is 1. The van der Waals surface area contributed by atoms with Crippen LogP contribution in [-0.4, -0.2) is 59.1 Å². The van der Waals surface area contributed by atoms with Crippen molar-refractivity contribution >= 4 is 0 Å². The standard InChI is InChI=1S/C22H29NO5/c1-24-17-5-4-6-19(15-17)28-22(9-10-23-11-13-27-14-12-23)20-16-18(25-2)7-8-21(20)26-3/h4-8,15-16,22H,9-14H2,1-3H3. The van der Waals surface area contributed by atoms with Crippen LogP contribution >= 0.6 is 0 Å². The van der Waals surface area contributed by atoms with Gasteiger partial charge in [0, 0.05) is 37.7 Å². The molecular weight excluding hydrogens is 358 g/mol. The molecule has 0 saturated carbocycles. The summed E-state index contributed by atoms with van der Waals surface area (Å²) in [5.74, 6) is 3.09. The predicted octanol–water partition coefficient (Wildman–Crippen LogP) is 3.55. The quantitative estimate of drug-likeness (QED) is 0.656. The Hall–Kier alpha value is -2.44. The zero-order valence-electron chi connectivity index (χ0n) is 16.8. The van der Waals surface area contributed by atoms with Gasteiger partial charge in [-0.05, 0) is 30.3 Å². The van der Waals surface area contributed by atoms with E-state index in [4.69, 9.17) is 23.7 Å². The number of rotatable bonds is 9. The molecule has 2 aromatic carbocycles. The minimum absolute atomic E-state index is 0.181. The van der Waals surface area contributed by atoms with Crippen molar-refractivity contribution < 1.29 is 23.7 Å². The average molecular weight is 387 g/mol. The van der Waals surface area contributed by atoms with Gasteiger partial charge in [-0.25, -0.2) is 0 Å². The molecule has 2 aromatic rings. The molecule has 1 aliphatic rings. The SMILES string of the molecule is COc1cccc(OC(CCN2CCOCC2)c2cc(OC)ccc2OC)c1. The van der Waals surface area contributed by atoms with Gasteiger partial charge in [0.1, 0.15) is 29.1 Å². The molecule has 0 aliphatic carbocycles. The van der Waals surface area contributed by atoms with Crippen LogP contribution in [0.1, 0.15) is 18.1 Å². The fraction of sp³-hybridized carbons (Fsp3) is 0.455. The maximum atomic E-state index is 6.40. The Morgan fingerprint density at radius 1 is 0.893 bits per heavy atom. The fourth-order valence-electron chi connectivity index (χ4n) is 3.33. The van der Waals surface area contributed by atoms with Crippen molar-refractivity contribution in [3.8, 4) is 23.0 Å². The van der Waals surface area contributed by atoms with Crippen LogP contribution in [0, 0.1) is 0 Å². The highest BCUT2D eigenvalue weighted by atomic mass is 16.5. The third kappa shape index (κ3) is 5.30. The van der Waals surface area contributed by atoms with Crippen LogP contribution in [0.5, 0.6) is 23.0 Å². The Morgan fingerprint density at radius 2 is 1.61 bits per heavy atom. The molecule has 0 N–H and O–H groups in total. The Bertz CT molecular complexity index is 745. The van der Waals surface area contributed by atoms with Gasteiger partial charge in [0.25, 0.3) is 0 Å². The Labute approximate surface area is 166 Å². The fourth-order valence-corrected chi connectivity index (χ4v) is 3.33. The molecule has 0 spiro atoms. The van der Waals surface area contributed by atoms with Gasteiger partial charge in [0.2, 0.25) is 0 Å². The number of benzene rings is 2. The third-order valence-corrected chi connectivity index (χ3v) is 4.91. The summed E-state index contributed by atoms with van der Waals surface area (Å²) in [7, 11) is 4.99. The summed E-state index contributed by atoms with van der Waals surface area (Å²) < 4.78 is 28.2. The highest BCUT2D eigenvalue weighted by molar-refractivity contribution is 5.43. The van der Waals surface area contributed by atoms with Crippen LogP contribution in [0.2, 0.25) is 0 Å². The topological polar surface area (TPSA) is 49.4 Å². The predicted molar refractivity (Wildman–Crippen MR) is 108 cm³/mol. The minimum atomic E-state index is -0.181. The summed E-state index contributed by atoms with van der Waals surface area (Å²) in [5.41, 5.74) is 0.970. The molecule has 0 bridgehead atoms. The summed E-state index contributed by atoms with van der Waals surface area (Å²) in [4.78, 5) is 2.40. The van der Waals surface area contributed by atoms with E-state index in [9.17, 15) is 0 Å². The first-order valence-electron chi connectivity index (χ1n) is 9.56. The lowest BCUT2D eigenvalue weighted by atomic mass is 10.0. The highest BCUT2D eigenvalue weighted by Crippen LogP contribution is 2.35. The van der Waals surface area contributed by atoms with E-state index in [0.717, 1.165) is 67.8 Å². The third-order valence-electron chi connectivity index (χ3n) is 4.91. The number of methoxy groups -OCH3 is 3. The van der Waals surface area contributed by atoms with Crippen molar-refractivity contribution in [2.75, 3.05) is 54.2 Å². The van der Waals surface area contributed by atoms with E-state index < -0.39 is 0 Å². The Morgan fingerprint density at radius 3 is 2.32 bits per heavy atom. The molecule has 152 valence electrons. The molecule has 28 heavy (non-hydrogen) atoms. The highest BCUT2D eigenvalue weighted by Gasteiger charge is 2.21. The van der Waals surface area contributed by atoms with Gasteiger partial charge >= 0.3 is 0 Å². The first kappa shape index (κ1) is 20.3. The molecule has 1 aliphatic heterocycles. The monoisotopic (exact) mass is 387 g/mol. The summed E-state index contributed by atoms with van der Waals surface area (Å²) in [5, 5.41) is 0. The normalized spacial score (nSPS) is 15.7. The van der Waals surface area contributed by atoms with Crippen LogP contribution in [0.3, 0.4) is 0 Å². The largest absolute Gasteiger partial charge is 0.497 e. The van der Waals surface area contributed by atoms with E-state index in [0.29, 0.717) is 0 Å². The maximum Gasteiger partial charge on any atom is 0.129 e. The zero-order valence-corrected chi connectivity index (χ0v) is 16.8. The van der Waals surface area contributed by atoms with E-state index in [1.54, 1.807) is 21.3 Å². The van der Waals surface area contributed by atoms with Crippen molar-refractivity contribution in [1.29, 1.82) is 0 Å². The second-order valence-electron chi connectivity index (χ2n) is 6.64. The van der Waals surface area contributed by atoms with Crippen LogP contribution < -0.4 is 18.9 Å². The molecule has 3 rings (SSSR count). The van der Waals surface area contributed by atoms with Gasteiger partial charge in [0.15, 0.2) is 0 Å². The molecule has 1 saturated heterocycles. The molecule has 1 unspecified atom stereocenters. The molecule has 6 nitrogen and oxygen atoms in total. The zero-order chi connectivity index (χ0) is 19.8. The van der Waals surface area contributed by atoms with Gasteiger partial charge < -0.3 is 23.7 Å². The number of nitrogens with zero attached hydrogens (tertiary/aromatic N) is 1. The lowest BCUT2D eigenvalue weighted by molar-refractivity contribution is 0.0315. The van der Waals surface area contributed by atoms with Crippen LogP contribution in [-0.2, 0) is 4.74 Å². The molecule has 1 heterocycles. The van der Waals surface area contributed by atoms with Gasteiger partial charge in [-0.1, -0.05) is 6.07 Å². The summed E-state index contributed by atoms with van der Waals surface area (Å²) in [6.45, 7) is 4.37. The molecule has 6 heteroatoms. The van der Waals surface area contributed by atoms with E-state index in [1.165, 1.54) is 0 Å². The van der Waals surface area contributed by atoms with Gasteiger partial charge in [0.05, 0.1) is 34.5 Å². The molecule has 1 atom stereocenters. The average Bonchev–Trinajstić information content (AvgIpc) is 2.77. The van der Waals surface area contributed by atoms with Crippen molar-refractivity contribution in [2.24, 2.45) is 0 Å². The molecule has 0 amide bonds. The Balaban J connectivity index is 1.84. The van der Waals surface area contributed by atoms with E-state index in [-0.39, 0.29) is 6.10 Å². The molecule has 0 radical (unpaired) electrons. The summed E-state index contributed by atoms with van der Waals surface area (Å²) >= 11 is 0. The van der Waals surface area contributed by atoms with Crippen molar-refractivity contribution in [1.82, 2.24) is 4.90 Å². The lowest BCUT2D eigenvalue weighted by Gasteiger charge is -2.29. The lowest BCUT2D eigenvalue weighted by Crippen LogP contribution is -2.37. The van der Waals surface area contributed by atoms with E-state index >= 15 is 0 Å². The second-order valence-corrected chi connectivity index (χ2v) is 6.64. The van der Waals surface area contributed by atoms with Crippen molar-refractivity contribution in [3.05, 3.63) is 48.0 Å². The van der Waals surface area contributed by atoms with Crippen LogP contribution in [0.15, 0.2) is 42.5 Å². The first-order chi connectivity index (χ1) is 13.7. The number of ether oxygens (including phenoxy) is 5. The first-order valence-corrected chi connectivity index (χ1v) is 9.56. The van der Waals surface area contributed by atoms with E-state index in [2.05, 4.69) is 4.90 Å². The number of hydrogen-bond donors (Lipinski definition) is 0. The van der Waals surface area contributed by atoms with Crippen molar-refractivity contribution in [3.63, 3.8) is 0 Å². The van der Waals surface area contributed by atoms with Gasteiger partial charge in [-0.3, -0.25) is 4.90 Å². The second kappa shape index (κ2) is 10.2. The molecule has 0 aromatic heterocycles. The summed E-state index contributed by atoms with van der Waals surface area (Å²) in [6.07, 6.45) is 0.640. The Kier molecular flexibility index (Phi) is 7.39. The molecular formula is C22H29NO5. The molecule has 1 fully saturated rings. The smallest absolute Gasteiger partial charge is 0.129 e. The minimum Gasteiger partial charge on any atom is -0.497 e. The summed E-state index contributed by atoms with van der Waals surface area (Å²) in [6, 6.07) is 13.5. The van der Waals surface area contributed by atoms with Crippen molar-refractivity contribution in [2.45, 2.75) is 12.5 Å². The van der Waals surface area contributed by atoms with Crippen LogP contribution in [0.4, 0.5) is 0 Å². The van der Waals surface area contributed by atoms with Gasteiger partial charge in [-0.15, -0.1) is 0 Å². The number of hydrogen-bond acceptors (Lipinski definition) is 6.